The van der Waals surface area contributed by atoms with E-state index in [9.17, 15) is 28.7 Å². The number of rotatable bonds is 4. The number of ether oxygens (including phenoxy) is 1. The quantitative estimate of drug-likeness (QED) is 0.272. The third kappa shape index (κ3) is 3.65. The van der Waals surface area contributed by atoms with Gasteiger partial charge in [-0.15, -0.1) is 0 Å². The van der Waals surface area contributed by atoms with Crippen LogP contribution in [0.5, 0.6) is 11.5 Å². The average Bonchev–Trinajstić information content (AvgIpc) is 3.39. The Hall–Kier alpha value is -4.90. The molecule has 1 saturated heterocycles. The van der Waals surface area contributed by atoms with Gasteiger partial charge in [0.25, 0.3) is 0 Å². The van der Waals surface area contributed by atoms with Gasteiger partial charge in [-0.25, -0.2) is 32.8 Å². The number of fused-ring (bicyclic) bond motifs is 4. The number of hydrogen-bond donors (Lipinski definition) is 1. The SMILES string of the molecule is COc1cccc(O)c1[C@H]1C2=CCn3c(=O)n(-c4ccccc4)c(=O)n3[C@@H]2C[C@H]2C(=O)N(c3ccc(F)c(Cl)c3)C(=O)[C@@]12C. The third-order valence-electron chi connectivity index (χ3n) is 9.27. The molecular formula is C32H26ClFN4O6. The van der Waals surface area contributed by atoms with Gasteiger partial charge in [0.05, 0.1) is 47.4 Å². The molecule has 0 unspecified atom stereocenters. The molecule has 1 aromatic heterocycles. The predicted octanol–water partition coefficient (Wildman–Crippen LogP) is 4.17. The third-order valence-corrected chi connectivity index (χ3v) is 9.55. The molecule has 0 bridgehead atoms. The molecule has 2 amide bonds. The summed E-state index contributed by atoms with van der Waals surface area (Å²) in [6.07, 6.45) is 1.80. The number of carbonyl (C=O) groups is 2. The Bertz CT molecular complexity index is 2030. The molecule has 4 atom stereocenters. The minimum absolute atomic E-state index is 0.0168. The lowest BCUT2D eigenvalue weighted by molar-refractivity contribution is -0.129. The summed E-state index contributed by atoms with van der Waals surface area (Å²) in [5.74, 6) is -3.63. The van der Waals surface area contributed by atoms with Gasteiger partial charge in [0.15, 0.2) is 0 Å². The number of imide groups is 1. The molecule has 1 N–H and O–H groups in total. The van der Waals surface area contributed by atoms with E-state index in [-0.39, 0.29) is 40.7 Å². The number of anilines is 1. The van der Waals surface area contributed by atoms with E-state index < -0.39 is 52.3 Å². The van der Waals surface area contributed by atoms with E-state index in [4.69, 9.17) is 16.3 Å². The second-order valence-corrected chi connectivity index (χ2v) is 11.8. The van der Waals surface area contributed by atoms with Crippen molar-refractivity contribution in [3.8, 4) is 17.2 Å². The lowest BCUT2D eigenvalue weighted by Crippen LogP contribution is -2.49. The number of carbonyl (C=O) groups excluding carboxylic acids is 2. The van der Waals surface area contributed by atoms with Crippen LogP contribution in [-0.2, 0) is 16.1 Å². The first-order chi connectivity index (χ1) is 21.1. The standard InChI is InChI=1S/C32H26ClFN4O6/c1-32-20(28(40)36(29(32)41)18-11-12-22(34)21(33)15-18)16-23-19(27(32)26-24(39)9-6-10-25(26)44-2)13-14-35-30(42)37(31(43)38(23)35)17-7-4-3-5-8-17/h3-13,15,20,23,27,39H,14,16H2,1-2H3/t20-,23+,27+,32+/m0/s1. The van der Waals surface area contributed by atoms with E-state index in [1.165, 1.54) is 34.7 Å². The van der Waals surface area contributed by atoms with E-state index in [0.29, 0.717) is 11.3 Å². The molecule has 3 aromatic carbocycles. The zero-order valence-corrected chi connectivity index (χ0v) is 24.4. The fraction of sp³-hybridized carbons (Fsp3) is 0.250. The number of methoxy groups -OCH3 is 1. The van der Waals surface area contributed by atoms with Crippen molar-refractivity contribution < 1.29 is 23.8 Å². The van der Waals surface area contributed by atoms with Gasteiger partial charge in [-0.3, -0.25) is 9.59 Å². The van der Waals surface area contributed by atoms with Crippen molar-refractivity contribution in [3.05, 3.63) is 116 Å². The number of aromatic nitrogens is 3. The van der Waals surface area contributed by atoms with Crippen LogP contribution in [0, 0.1) is 17.2 Å². The van der Waals surface area contributed by atoms with Gasteiger partial charge < -0.3 is 9.84 Å². The van der Waals surface area contributed by atoms with Gasteiger partial charge in [0.1, 0.15) is 17.3 Å². The summed E-state index contributed by atoms with van der Waals surface area (Å²) in [6, 6.07) is 16.0. The first-order valence-corrected chi connectivity index (χ1v) is 14.4. The summed E-state index contributed by atoms with van der Waals surface area (Å²) in [5.41, 5.74) is -1.22. The van der Waals surface area contributed by atoms with Crippen LogP contribution < -0.4 is 21.0 Å². The summed E-state index contributed by atoms with van der Waals surface area (Å²) >= 11 is 6.05. The molecule has 4 aromatic rings. The highest BCUT2D eigenvalue weighted by atomic mass is 35.5. The lowest BCUT2D eigenvalue weighted by Gasteiger charge is -2.47. The Balaban J connectivity index is 1.47. The van der Waals surface area contributed by atoms with Crippen molar-refractivity contribution in [2.45, 2.75) is 31.8 Å². The molecular weight excluding hydrogens is 591 g/mol. The van der Waals surface area contributed by atoms with Crippen molar-refractivity contribution in [3.63, 3.8) is 0 Å². The van der Waals surface area contributed by atoms with E-state index in [1.807, 2.05) is 0 Å². The number of amides is 2. The fourth-order valence-corrected chi connectivity index (χ4v) is 7.43. The highest BCUT2D eigenvalue weighted by Crippen LogP contribution is 2.63. The molecule has 12 heteroatoms. The maximum absolute atomic E-state index is 14.5. The molecule has 224 valence electrons. The van der Waals surface area contributed by atoms with Crippen molar-refractivity contribution in [2.75, 3.05) is 12.0 Å². The number of phenolic OH excluding ortho intramolecular Hbond substituents is 1. The average molecular weight is 617 g/mol. The highest BCUT2D eigenvalue weighted by Gasteiger charge is 2.66. The van der Waals surface area contributed by atoms with Crippen LogP contribution in [0.1, 0.15) is 30.9 Å². The number of phenols is 1. The molecule has 7 rings (SSSR count). The van der Waals surface area contributed by atoms with Crippen molar-refractivity contribution in [1.29, 1.82) is 0 Å². The van der Waals surface area contributed by atoms with Crippen molar-refractivity contribution in [2.24, 2.45) is 11.3 Å². The Kier molecular flexibility index (Phi) is 6.22. The topological polar surface area (TPSA) is 116 Å². The van der Waals surface area contributed by atoms with Gasteiger partial charge in [0, 0.05) is 11.5 Å². The second-order valence-electron chi connectivity index (χ2n) is 11.4. The number of hydrogen-bond acceptors (Lipinski definition) is 6. The van der Waals surface area contributed by atoms with Gasteiger partial charge in [0.2, 0.25) is 11.8 Å². The zero-order valence-electron chi connectivity index (χ0n) is 23.6. The molecule has 2 aliphatic heterocycles. The Morgan fingerprint density at radius 3 is 2.43 bits per heavy atom. The second kappa shape index (κ2) is 9.81. The fourth-order valence-electron chi connectivity index (χ4n) is 7.25. The Morgan fingerprint density at radius 2 is 1.73 bits per heavy atom. The molecule has 1 saturated carbocycles. The van der Waals surface area contributed by atoms with Crippen LogP contribution >= 0.6 is 11.6 Å². The zero-order chi connectivity index (χ0) is 31.1. The number of para-hydroxylation sites is 1. The number of aromatic hydroxyl groups is 1. The summed E-state index contributed by atoms with van der Waals surface area (Å²) in [7, 11) is 1.43. The summed E-state index contributed by atoms with van der Waals surface area (Å²) in [4.78, 5) is 57.3. The Labute approximate surface area is 254 Å². The number of benzene rings is 3. The van der Waals surface area contributed by atoms with Crippen LogP contribution in [0.15, 0.2) is 88.0 Å². The number of halogens is 2. The number of nitrogens with zero attached hydrogens (tertiary/aromatic N) is 4. The van der Waals surface area contributed by atoms with Crippen molar-refractivity contribution in [1.82, 2.24) is 13.9 Å². The Morgan fingerprint density at radius 1 is 0.977 bits per heavy atom. The van der Waals surface area contributed by atoms with E-state index in [1.54, 1.807) is 55.5 Å². The first kappa shape index (κ1) is 27.9. The maximum atomic E-state index is 14.5. The molecule has 3 aliphatic rings. The molecule has 1 aliphatic carbocycles. The minimum Gasteiger partial charge on any atom is -0.508 e. The van der Waals surface area contributed by atoms with Crippen LogP contribution in [-0.4, -0.2) is 38.0 Å². The molecule has 0 spiro atoms. The molecule has 3 heterocycles. The van der Waals surface area contributed by atoms with Gasteiger partial charge >= 0.3 is 11.4 Å². The first-order valence-electron chi connectivity index (χ1n) is 14.0. The molecule has 0 radical (unpaired) electrons. The van der Waals surface area contributed by atoms with Crippen LogP contribution in [0.2, 0.25) is 5.02 Å². The minimum atomic E-state index is -1.46. The maximum Gasteiger partial charge on any atom is 0.352 e. The van der Waals surface area contributed by atoms with E-state index >= 15 is 0 Å². The van der Waals surface area contributed by atoms with E-state index in [2.05, 4.69) is 0 Å². The number of allylic oxidation sites excluding steroid dienone is 2. The van der Waals surface area contributed by atoms with Gasteiger partial charge in [-0.05, 0) is 61.4 Å². The summed E-state index contributed by atoms with van der Waals surface area (Å²) in [5, 5.41) is 11.0. The van der Waals surface area contributed by atoms with E-state index in [0.717, 1.165) is 15.5 Å². The normalized spacial score (nSPS) is 24.0. The van der Waals surface area contributed by atoms with Crippen LogP contribution in [0.4, 0.5) is 10.1 Å². The summed E-state index contributed by atoms with van der Waals surface area (Å²) < 4.78 is 23.5. The smallest absolute Gasteiger partial charge is 0.352 e. The predicted molar refractivity (Wildman–Crippen MR) is 159 cm³/mol. The van der Waals surface area contributed by atoms with Crippen LogP contribution in [0.25, 0.3) is 5.69 Å². The highest BCUT2D eigenvalue weighted by molar-refractivity contribution is 6.31. The summed E-state index contributed by atoms with van der Waals surface area (Å²) in [6.45, 7) is 1.68. The molecule has 44 heavy (non-hydrogen) atoms. The van der Waals surface area contributed by atoms with Crippen LogP contribution in [0.3, 0.4) is 0 Å². The molecule has 10 nitrogen and oxygen atoms in total. The van der Waals surface area contributed by atoms with Gasteiger partial charge in [-0.1, -0.05) is 41.9 Å². The van der Waals surface area contributed by atoms with Gasteiger partial charge in [-0.2, -0.15) is 0 Å². The lowest BCUT2D eigenvalue weighted by atomic mass is 9.56. The van der Waals surface area contributed by atoms with Crippen molar-refractivity contribution >= 4 is 29.1 Å². The monoisotopic (exact) mass is 616 g/mol. The largest absolute Gasteiger partial charge is 0.508 e. The molecule has 2 fully saturated rings.